The minimum Gasteiger partial charge on any atom is -0.328 e. The molecule has 3 aliphatic heterocycles. The normalized spacial score (nSPS) is 31.7. The Morgan fingerprint density at radius 1 is 0.735 bits per heavy atom. The molecule has 0 aromatic rings. The molecule has 1 unspecified atom stereocenters. The number of likely N-dealkylation sites (tertiary alicyclic amines) is 2. The van der Waals surface area contributed by atoms with Crippen LogP contribution in [0.4, 0.5) is 4.39 Å². The van der Waals surface area contributed by atoms with Crippen molar-refractivity contribution >= 4 is 0 Å². The Bertz CT molecular complexity index is 502. The predicted molar refractivity (Wildman–Crippen MR) is 146 cm³/mol. The lowest BCUT2D eigenvalue weighted by molar-refractivity contribution is -0.896. The van der Waals surface area contributed by atoms with Gasteiger partial charge in [0.25, 0.3) is 0 Å². The van der Waals surface area contributed by atoms with Gasteiger partial charge in [-0.05, 0) is 95.7 Å². The third-order valence-corrected chi connectivity index (χ3v) is 8.89. The molecule has 202 valence electrons. The number of hydrogen-bond donors (Lipinski definition) is 0. The average Bonchev–Trinajstić information content (AvgIpc) is 2.85. The van der Waals surface area contributed by atoms with Gasteiger partial charge in [0.15, 0.2) is 0 Å². The van der Waals surface area contributed by atoms with Crippen molar-refractivity contribution in [2.24, 2.45) is 17.8 Å². The van der Waals surface area contributed by atoms with E-state index >= 15 is 0 Å². The maximum absolute atomic E-state index is 13.0. The van der Waals surface area contributed by atoms with Crippen molar-refractivity contribution in [3.8, 4) is 0 Å². The average molecular weight is 484 g/mol. The van der Waals surface area contributed by atoms with E-state index in [1.165, 1.54) is 102 Å². The highest BCUT2D eigenvalue weighted by Crippen LogP contribution is 2.34. The van der Waals surface area contributed by atoms with E-state index in [-0.39, 0.29) is 0 Å². The lowest BCUT2D eigenvalue weighted by atomic mass is 9.79. The first-order valence-electron chi connectivity index (χ1n) is 14.9. The molecule has 1 aliphatic carbocycles. The Hall–Kier alpha value is -0.230. The molecule has 3 heterocycles. The number of rotatable bonds is 5. The van der Waals surface area contributed by atoms with Gasteiger partial charge in [-0.2, -0.15) is 0 Å². The molecule has 0 spiro atoms. The second kappa shape index (κ2) is 15.8. The van der Waals surface area contributed by atoms with Crippen molar-refractivity contribution in [1.29, 1.82) is 0 Å². The van der Waals surface area contributed by atoms with Gasteiger partial charge in [0.05, 0.1) is 27.2 Å². The van der Waals surface area contributed by atoms with Crippen LogP contribution >= 0.6 is 0 Å². The minimum atomic E-state index is -0.488. The minimum absolute atomic E-state index is 0.488. The SMILES string of the molecule is CC.CCN1CCCC(CN2CCN(C)CC2)C1.C[N+]1(C)CCC(CC2CCC(F)CC2)CC1. The maximum Gasteiger partial charge on any atom is 0.100 e. The summed E-state index contributed by atoms with van der Waals surface area (Å²) in [5.74, 6) is 2.70. The lowest BCUT2D eigenvalue weighted by Crippen LogP contribution is -2.48. The molecule has 3 saturated heterocycles. The van der Waals surface area contributed by atoms with Crippen LogP contribution in [0.1, 0.15) is 78.6 Å². The predicted octanol–water partition coefficient (Wildman–Crippen LogP) is 5.38. The van der Waals surface area contributed by atoms with Gasteiger partial charge in [0, 0.05) is 39.3 Å². The molecule has 0 bridgehead atoms. The molecule has 0 radical (unpaired) electrons. The summed E-state index contributed by atoms with van der Waals surface area (Å²) in [6.07, 6.45) is 10.5. The monoisotopic (exact) mass is 483 g/mol. The van der Waals surface area contributed by atoms with Gasteiger partial charge in [0.2, 0.25) is 0 Å². The van der Waals surface area contributed by atoms with Gasteiger partial charge in [-0.3, -0.25) is 0 Å². The van der Waals surface area contributed by atoms with Crippen LogP contribution in [-0.2, 0) is 0 Å². The van der Waals surface area contributed by atoms with Crippen LogP contribution in [0.15, 0.2) is 0 Å². The molecule has 0 aromatic carbocycles. The number of quaternary nitrogens is 1. The van der Waals surface area contributed by atoms with Crippen LogP contribution in [0.5, 0.6) is 0 Å². The second-order valence-electron chi connectivity index (χ2n) is 12.2. The van der Waals surface area contributed by atoms with Gasteiger partial charge in [-0.1, -0.05) is 20.8 Å². The Morgan fingerprint density at radius 2 is 1.32 bits per heavy atom. The molecule has 1 saturated carbocycles. The fourth-order valence-electron chi connectivity index (χ4n) is 6.37. The molecule has 4 rings (SSSR count). The largest absolute Gasteiger partial charge is 0.328 e. The summed E-state index contributed by atoms with van der Waals surface area (Å²) >= 11 is 0. The van der Waals surface area contributed by atoms with Crippen LogP contribution in [0.25, 0.3) is 0 Å². The highest BCUT2D eigenvalue weighted by molar-refractivity contribution is 4.78. The van der Waals surface area contributed by atoms with Crippen molar-refractivity contribution in [1.82, 2.24) is 14.7 Å². The summed E-state index contributed by atoms with van der Waals surface area (Å²) in [5.41, 5.74) is 0. The summed E-state index contributed by atoms with van der Waals surface area (Å²) < 4.78 is 14.2. The Labute approximate surface area is 212 Å². The molecule has 1 atom stereocenters. The van der Waals surface area contributed by atoms with E-state index in [2.05, 4.69) is 42.8 Å². The molecular formula is C29H60FN4+. The van der Waals surface area contributed by atoms with E-state index < -0.39 is 6.17 Å². The number of nitrogens with zero attached hydrogens (tertiary/aromatic N) is 4. The van der Waals surface area contributed by atoms with Crippen LogP contribution in [0.2, 0.25) is 0 Å². The van der Waals surface area contributed by atoms with E-state index in [1.807, 2.05) is 13.8 Å². The molecule has 34 heavy (non-hydrogen) atoms. The summed E-state index contributed by atoms with van der Waals surface area (Å²) in [6.45, 7) is 19.3. The van der Waals surface area contributed by atoms with E-state index in [0.29, 0.717) is 0 Å². The highest BCUT2D eigenvalue weighted by Gasteiger charge is 2.29. The summed E-state index contributed by atoms with van der Waals surface area (Å²) in [7, 11) is 6.91. The molecule has 4 nitrogen and oxygen atoms in total. The molecular weight excluding hydrogens is 423 g/mol. The topological polar surface area (TPSA) is 9.72 Å². The number of piperazine rings is 1. The zero-order chi connectivity index (χ0) is 25.0. The van der Waals surface area contributed by atoms with Gasteiger partial charge < -0.3 is 19.2 Å². The molecule has 4 fully saturated rings. The number of piperidine rings is 2. The fraction of sp³-hybridized carbons (Fsp3) is 1.00. The van der Waals surface area contributed by atoms with Crippen molar-refractivity contribution in [3.05, 3.63) is 0 Å². The fourth-order valence-corrected chi connectivity index (χ4v) is 6.37. The van der Waals surface area contributed by atoms with Crippen LogP contribution < -0.4 is 0 Å². The summed E-state index contributed by atoms with van der Waals surface area (Å²) in [6, 6.07) is 0. The van der Waals surface area contributed by atoms with E-state index in [4.69, 9.17) is 0 Å². The highest BCUT2D eigenvalue weighted by atomic mass is 19.1. The third-order valence-electron chi connectivity index (χ3n) is 8.89. The first-order valence-corrected chi connectivity index (χ1v) is 14.9. The first kappa shape index (κ1) is 30.0. The van der Waals surface area contributed by atoms with Crippen LogP contribution in [0, 0.1) is 17.8 Å². The quantitative estimate of drug-likeness (QED) is 0.486. The van der Waals surface area contributed by atoms with E-state index in [0.717, 1.165) is 43.4 Å². The third kappa shape index (κ3) is 11.2. The maximum atomic E-state index is 13.0. The number of alkyl halides is 1. The smallest absolute Gasteiger partial charge is 0.100 e. The molecule has 0 amide bonds. The number of halogens is 1. The standard InChI is InChI=1S/C14H27FN.C13H27N3.C2H6/c1-16(2)9-7-13(8-10-16)11-12-3-5-14(15)6-4-12;1-3-15-6-4-5-13(11-15)12-16-9-7-14(2)8-10-16;1-2/h12-14H,3-11H2,1-2H3;13H,3-12H2,1-2H3;1-2H3/q+1;;. The molecule has 0 N–H and O–H groups in total. The zero-order valence-electron chi connectivity index (χ0n) is 23.9. The van der Waals surface area contributed by atoms with Crippen molar-refractivity contribution in [2.45, 2.75) is 84.7 Å². The van der Waals surface area contributed by atoms with Gasteiger partial charge in [0.1, 0.15) is 6.17 Å². The van der Waals surface area contributed by atoms with Crippen molar-refractivity contribution in [3.63, 3.8) is 0 Å². The molecule has 0 aromatic heterocycles. The molecule has 4 aliphatic rings. The van der Waals surface area contributed by atoms with Crippen LogP contribution in [-0.4, -0.2) is 112 Å². The van der Waals surface area contributed by atoms with Gasteiger partial charge >= 0.3 is 0 Å². The number of likely N-dealkylation sites (N-methyl/N-ethyl adjacent to an activating group) is 1. The Kier molecular flexibility index (Phi) is 13.9. The number of hydrogen-bond acceptors (Lipinski definition) is 3. The lowest BCUT2D eigenvalue weighted by Gasteiger charge is -2.38. The summed E-state index contributed by atoms with van der Waals surface area (Å²) in [5, 5.41) is 0. The van der Waals surface area contributed by atoms with Crippen molar-refractivity contribution in [2.75, 3.05) is 86.6 Å². The Morgan fingerprint density at radius 3 is 1.91 bits per heavy atom. The van der Waals surface area contributed by atoms with Crippen LogP contribution in [0.3, 0.4) is 0 Å². The summed E-state index contributed by atoms with van der Waals surface area (Å²) in [4.78, 5) is 7.73. The second-order valence-corrected chi connectivity index (χ2v) is 12.2. The van der Waals surface area contributed by atoms with E-state index in [1.54, 1.807) is 0 Å². The van der Waals surface area contributed by atoms with E-state index in [9.17, 15) is 4.39 Å². The first-order chi connectivity index (χ1) is 16.3. The Balaban J connectivity index is 0.000000224. The van der Waals surface area contributed by atoms with Gasteiger partial charge in [-0.15, -0.1) is 0 Å². The zero-order valence-corrected chi connectivity index (χ0v) is 23.9. The van der Waals surface area contributed by atoms with Crippen molar-refractivity contribution < 1.29 is 8.87 Å². The van der Waals surface area contributed by atoms with Gasteiger partial charge in [-0.25, -0.2) is 4.39 Å². The molecule has 5 heteroatoms.